The van der Waals surface area contributed by atoms with Gasteiger partial charge >= 0.3 is 0 Å². The van der Waals surface area contributed by atoms with Gasteiger partial charge in [0, 0.05) is 24.1 Å². The Morgan fingerprint density at radius 3 is 2.71 bits per heavy atom. The van der Waals surface area contributed by atoms with Crippen LogP contribution >= 0.6 is 0 Å². The van der Waals surface area contributed by atoms with Gasteiger partial charge in [-0.2, -0.15) is 5.26 Å². The Bertz CT molecular complexity index is 834. The summed E-state index contributed by atoms with van der Waals surface area (Å²) in [6, 6.07) is 14.6. The second-order valence-electron chi connectivity index (χ2n) is 6.00. The Hall–Kier alpha value is -2.93. The summed E-state index contributed by atoms with van der Waals surface area (Å²) in [5.41, 5.74) is 4.35. The van der Waals surface area contributed by atoms with Crippen molar-refractivity contribution < 1.29 is 9.59 Å². The maximum absolute atomic E-state index is 12.3. The Morgan fingerprint density at radius 2 is 1.88 bits per heavy atom. The van der Waals surface area contributed by atoms with Crippen LogP contribution in [0.4, 0.5) is 5.69 Å². The number of ketones is 1. The lowest BCUT2D eigenvalue weighted by atomic mass is 10.0. The molecular formula is C20H18N2O2. The standard InChI is InChI=1S/C20H18N2O2/c21-13-14-3-1-6-18(11-14)22-20(24)10-9-19(23)17-8-7-15-4-2-5-16(15)12-17/h1,3,6-8,11-12H,2,4-5,9-10H2,(H,22,24). The van der Waals surface area contributed by atoms with Crippen LogP contribution in [0.3, 0.4) is 0 Å². The van der Waals surface area contributed by atoms with Crippen LogP contribution in [0.2, 0.25) is 0 Å². The summed E-state index contributed by atoms with van der Waals surface area (Å²) in [6.07, 6.45) is 3.59. The zero-order valence-corrected chi connectivity index (χ0v) is 13.3. The number of carbonyl (C=O) groups excluding carboxylic acids is 2. The number of amides is 1. The van der Waals surface area contributed by atoms with Crippen LogP contribution in [0.5, 0.6) is 0 Å². The first-order chi connectivity index (χ1) is 11.7. The average molecular weight is 318 g/mol. The Morgan fingerprint density at radius 1 is 1.04 bits per heavy atom. The summed E-state index contributed by atoms with van der Waals surface area (Å²) in [7, 11) is 0. The topological polar surface area (TPSA) is 70.0 Å². The van der Waals surface area contributed by atoms with Gasteiger partial charge in [0.15, 0.2) is 5.78 Å². The van der Waals surface area contributed by atoms with E-state index in [1.165, 1.54) is 11.1 Å². The van der Waals surface area contributed by atoms with Gasteiger partial charge in [-0.3, -0.25) is 9.59 Å². The molecule has 4 nitrogen and oxygen atoms in total. The van der Waals surface area contributed by atoms with Gasteiger partial charge in [0.05, 0.1) is 11.6 Å². The van der Waals surface area contributed by atoms with E-state index in [-0.39, 0.29) is 24.5 Å². The molecule has 1 N–H and O–H groups in total. The lowest BCUT2D eigenvalue weighted by molar-refractivity contribution is -0.116. The van der Waals surface area contributed by atoms with Crippen molar-refractivity contribution in [1.82, 2.24) is 0 Å². The normalized spacial score (nSPS) is 12.3. The van der Waals surface area contributed by atoms with Crippen molar-refractivity contribution in [2.45, 2.75) is 32.1 Å². The predicted octanol–water partition coefficient (Wildman–Crippen LogP) is 3.65. The van der Waals surface area contributed by atoms with Crippen molar-refractivity contribution in [2.75, 3.05) is 5.32 Å². The second kappa shape index (κ2) is 7.10. The third kappa shape index (κ3) is 3.69. The van der Waals surface area contributed by atoms with Crippen LogP contribution in [-0.2, 0) is 17.6 Å². The first kappa shape index (κ1) is 15.9. The molecule has 0 bridgehead atoms. The van der Waals surface area contributed by atoms with Crippen molar-refractivity contribution in [1.29, 1.82) is 5.26 Å². The van der Waals surface area contributed by atoms with Crippen LogP contribution < -0.4 is 5.32 Å². The SMILES string of the molecule is N#Cc1cccc(NC(=O)CCC(=O)c2ccc3c(c2)CCC3)c1. The van der Waals surface area contributed by atoms with Crippen LogP contribution in [0.1, 0.15) is 46.3 Å². The molecule has 0 unspecified atom stereocenters. The van der Waals surface area contributed by atoms with Crippen molar-refractivity contribution >= 4 is 17.4 Å². The Kier molecular flexibility index (Phi) is 4.72. The molecule has 0 saturated carbocycles. The molecule has 120 valence electrons. The van der Waals surface area contributed by atoms with Gasteiger partial charge in [0.2, 0.25) is 5.91 Å². The number of benzene rings is 2. The monoisotopic (exact) mass is 318 g/mol. The maximum atomic E-state index is 12.3. The van der Waals surface area contributed by atoms with Crippen molar-refractivity contribution in [3.63, 3.8) is 0 Å². The first-order valence-corrected chi connectivity index (χ1v) is 8.11. The van der Waals surface area contributed by atoms with Gasteiger partial charge in [0.1, 0.15) is 0 Å². The molecule has 3 rings (SSSR count). The highest BCUT2D eigenvalue weighted by Gasteiger charge is 2.15. The average Bonchev–Trinajstić information content (AvgIpc) is 3.07. The molecule has 0 aliphatic heterocycles. The van der Waals surface area contributed by atoms with E-state index in [0.717, 1.165) is 19.3 Å². The highest BCUT2D eigenvalue weighted by atomic mass is 16.2. The summed E-state index contributed by atoms with van der Waals surface area (Å²) >= 11 is 0. The Balaban J connectivity index is 1.56. The molecule has 2 aromatic carbocycles. The minimum atomic E-state index is -0.223. The number of hydrogen-bond donors (Lipinski definition) is 1. The molecule has 4 heteroatoms. The van der Waals surface area contributed by atoms with E-state index < -0.39 is 0 Å². The molecule has 0 fully saturated rings. The number of aryl methyl sites for hydroxylation is 2. The molecule has 0 spiro atoms. The largest absolute Gasteiger partial charge is 0.326 e. The number of rotatable bonds is 5. The molecule has 0 radical (unpaired) electrons. The number of nitrogens with one attached hydrogen (secondary N) is 1. The van der Waals surface area contributed by atoms with Crippen LogP contribution in [0.25, 0.3) is 0 Å². The van der Waals surface area contributed by atoms with E-state index in [2.05, 4.69) is 5.32 Å². The van der Waals surface area contributed by atoms with E-state index in [4.69, 9.17) is 5.26 Å². The van der Waals surface area contributed by atoms with E-state index in [0.29, 0.717) is 16.8 Å². The predicted molar refractivity (Wildman–Crippen MR) is 91.8 cm³/mol. The maximum Gasteiger partial charge on any atom is 0.224 e. The smallest absolute Gasteiger partial charge is 0.224 e. The highest BCUT2D eigenvalue weighted by Crippen LogP contribution is 2.23. The number of carbonyl (C=O) groups is 2. The molecule has 0 heterocycles. The molecule has 1 amide bonds. The highest BCUT2D eigenvalue weighted by molar-refractivity contribution is 6.00. The van der Waals surface area contributed by atoms with Crippen molar-refractivity contribution in [2.24, 2.45) is 0 Å². The van der Waals surface area contributed by atoms with Gasteiger partial charge in [0.25, 0.3) is 0 Å². The van der Waals surface area contributed by atoms with Gasteiger partial charge in [-0.05, 0) is 54.7 Å². The lowest BCUT2D eigenvalue weighted by Gasteiger charge is -2.06. The summed E-state index contributed by atoms with van der Waals surface area (Å²) in [5.74, 6) is -0.231. The zero-order valence-electron chi connectivity index (χ0n) is 13.3. The summed E-state index contributed by atoms with van der Waals surface area (Å²) in [4.78, 5) is 24.3. The molecule has 0 saturated heterocycles. The third-order valence-corrected chi connectivity index (χ3v) is 4.28. The van der Waals surface area contributed by atoms with E-state index >= 15 is 0 Å². The number of nitriles is 1. The fourth-order valence-corrected chi connectivity index (χ4v) is 3.01. The first-order valence-electron chi connectivity index (χ1n) is 8.11. The lowest BCUT2D eigenvalue weighted by Crippen LogP contribution is -2.13. The van der Waals surface area contributed by atoms with Gasteiger partial charge in [-0.1, -0.05) is 18.2 Å². The third-order valence-electron chi connectivity index (χ3n) is 4.28. The fourth-order valence-electron chi connectivity index (χ4n) is 3.01. The fraction of sp³-hybridized carbons (Fsp3) is 0.250. The molecule has 2 aromatic rings. The van der Waals surface area contributed by atoms with E-state index in [9.17, 15) is 9.59 Å². The molecule has 0 atom stereocenters. The van der Waals surface area contributed by atoms with Crippen molar-refractivity contribution in [3.05, 3.63) is 64.7 Å². The van der Waals surface area contributed by atoms with Gasteiger partial charge in [-0.25, -0.2) is 0 Å². The minimum absolute atomic E-state index is 0.00868. The van der Waals surface area contributed by atoms with Gasteiger partial charge in [-0.15, -0.1) is 0 Å². The molecule has 1 aliphatic carbocycles. The molecule has 1 aliphatic rings. The van der Waals surface area contributed by atoms with E-state index in [1.807, 2.05) is 24.3 Å². The number of Topliss-reactive ketones (excluding diaryl/α,β-unsaturated/α-hetero) is 1. The molecule has 24 heavy (non-hydrogen) atoms. The number of nitrogens with zero attached hydrogens (tertiary/aromatic N) is 1. The molecular weight excluding hydrogens is 300 g/mol. The number of fused-ring (bicyclic) bond motifs is 1. The zero-order chi connectivity index (χ0) is 16.9. The number of anilines is 1. The van der Waals surface area contributed by atoms with Crippen molar-refractivity contribution in [3.8, 4) is 6.07 Å². The molecule has 0 aromatic heterocycles. The van der Waals surface area contributed by atoms with Crippen LogP contribution in [0.15, 0.2) is 42.5 Å². The number of hydrogen-bond acceptors (Lipinski definition) is 3. The summed E-state index contributed by atoms with van der Waals surface area (Å²) < 4.78 is 0. The Labute approximate surface area is 141 Å². The summed E-state index contributed by atoms with van der Waals surface area (Å²) in [5, 5.41) is 11.6. The second-order valence-corrected chi connectivity index (χ2v) is 6.00. The quantitative estimate of drug-likeness (QED) is 0.855. The van der Waals surface area contributed by atoms with Gasteiger partial charge < -0.3 is 5.32 Å². The van der Waals surface area contributed by atoms with E-state index in [1.54, 1.807) is 24.3 Å². The minimum Gasteiger partial charge on any atom is -0.326 e. The summed E-state index contributed by atoms with van der Waals surface area (Å²) in [6.45, 7) is 0. The van der Waals surface area contributed by atoms with Crippen LogP contribution in [-0.4, -0.2) is 11.7 Å². The van der Waals surface area contributed by atoms with Crippen LogP contribution in [0, 0.1) is 11.3 Å².